The van der Waals surface area contributed by atoms with Gasteiger partial charge in [-0.15, -0.1) is 0 Å². The van der Waals surface area contributed by atoms with Gasteiger partial charge in [-0.1, -0.05) is 26.2 Å². The van der Waals surface area contributed by atoms with E-state index in [1.54, 1.807) is 6.92 Å². The first-order chi connectivity index (χ1) is 6.65. The quantitative estimate of drug-likeness (QED) is 0.720. The second-order valence-electron chi connectivity index (χ2n) is 4.36. The molecule has 3 heteroatoms. The smallest absolute Gasteiger partial charge is 0.236 e. The van der Waals surface area contributed by atoms with Crippen LogP contribution in [-0.2, 0) is 4.79 Å². The van der Waals surface area contributed by atoms with Crippen molar-refractivity contribution in [3.05, 3.63) is 0 Å². The first kappa shape index (κ1) is 11.5. The van der Waals surface area contributed by atoms with Gasteiger partial charge in [0.25, 0.3) is 0 Å². The number of carbonyl (C=O) groups excluding carboxylic acids is 1. The van der Waals surface area contributed by atoms with E-state index in [0.29, 0.717) is 12.0 Å². The molecule has 0 spiro atoms. The van der Waals surface area contributed by atoms with E-state index >= 15 is 0 Å². The highest BCUT2D eigenvalue weighted by atomic mass is 16.2. The molecule has 0 saturated heterocycles. The molecule has 3 nitrogen and oxygen atoms in total. The van der Waals surface area contributed by atoms with Crippen molar-refractivity contribution in [2.45, 2.75) is 58.0 Å². The first-order valence-corrected chi connectivity index (χ1v) is 5.71. The topological polar surface area (TPSA) is 55.1 Å². The van der Waals surface area contributed by atoms with Crippen LogP contribution in [0.15, 0.2) is 0 Å². The predicted molar refractivity (Wildman–Crippen MR) is 57.8 cm³/mol. The number of nitrogens with two attached hydrogens (primary N) is 1. The lowest BCUT2D eigenvalue weighted by atomic mass is 9.83. The molecular formula is C11H22N2O. The largest absolute Gasteiger partial charge is 0.352 e. The normalized spacial score (nSPS) is 29.6. The van der Waals surface area contributed by atoms with Crippen molar-refractivity contribution in [3.63, 3.8) is 0 Å². The molecule has 1 fully saturated rings. The number of hydrogen-bond donors (Lipinski definition) is 2. The summed E-state index contributed by atoms with van der Waals surface area (Å²) >= 11 is 0. The molecule has 3 atom stereocenters. The van der Waals surface area contributed by atoms with E-state index in [1.807, 2.05) is 0 Å². The van der Waals surface area contributed by atoms with Crippen LogP contribution in [0.1, 0.15) is 46.0 Å². The van der Waals surface area contributed by atoms with Crippen LogP contribution in [0.4, 0.5) is 0 Å². The van der Waals surface area contributed by atoms with Crippen molar-refractivity contribution in [2.24, 2.45) is 11.7 Å². The van der Waals surface area contributed by atoms with Gasteiger partial charge in [0.1, 0.15) is 0 Å². The summed E-state index contributed by atoms with van der Waals surface area (Å²) in [5, 5.41) is 3.06. The highest BCUT2D eigenvalue weighted by Gasteiger charge is 2.25. The molecular weight excluding hydrogens is 176 g/mol. The van der Waals surface area contributed by atoms with Gasteiger partial charge in [-0.25, -0.2) is 0 Å². The van der Waals surface area contributed by atoms with Crippen LogP contribution in [0.25, 0.3) is 0 Å². The highest BCUT2D eigenvalue weighted by molar-refractivity contribution is 5.81. The van der Waals surface area contributed by atoms with Gasteiger partial charge in [-0.3, -0.25) is 4.79 Å². The molecule has 0 aromatic heterocycles. The van der Waals surface area contributed by atoms with E-state index in [-0.39, 0.29) is 11.9 Å². The Bertz CT molecular complexity index is 192. The maximum absolute atomic E-state index is 11.4. The molecule has 0 heterocycles. The molecule has 1 aliphatic rings. The molecule has 1 amide bonds. The Morgan fingerprint density at radius 1 is 1.50 bits per heavy atom. The van der Waals surface area contributed by atoms with E-state index in [0.717, 1.165) is 12.8 Å². The Kier molecular flexibility index (Phi) is 4.39. The van der Waals surface area contributed by atoms with Crippen LogP contribution < -0.4 is 11.1 Å². The fourth-order valence-corrected chi connectivity index (χ4v) is 2.20. The number of carbonyl (C=O) groups is 1. The summed E-state index contributed by atoms with van der Waals surface area (Å²) in [6.07, 6.45) is 6.07. The molecule has 0 bridgehead atoms. The van der Waals surface area contributed by atoms with Gasteiger partial charge in [-0.05, 0) is 25.7 Å². The third-order valence-corrected chi connectivity index (χ3v) is 3.17. The highest BCUT2D eigenvalue weighted by Crippen LogP contribution is 2.26. The molecule has 0 aromatic carbocycles. The Morgan fingerprint density at radius 3 is 2.71 bits per heavy atom. The summed E-state index contributed by atoms with van der Waals surface area (Å²) in [7, 11) is 0. The molecule has 82 valence electrons. The zero-order valence-electron chi connectivity index (χ0n) is 9.25. The van der Waals surface area contributed by atoms with Crippen molar-refractivity contribution >= 4 is 5.91 Å². The second kappa shape index (κ2) is 5.35. The van der Waals surface area contributed by atoms with Crippen LogP contribution in [0.2, 0.25) is 0 Å². The van der Waals surface area contributed by atoms with Crippen LogP contribution in [0.3, 0.4) is 0 Å². The van der Waals surface area contributed by atoms with Gasteiger partial charge in [0, 0.05) is 6.04 Å². The van der Waals surface area contributed by atoms with E-state index in [2.05, 4.69) is 12.2 Å². The van der Waals surface area contributed by atoms with Crippen molar-refractivity contribution in [2.75, 3.05) is 0 Å². The van der Waals surface area contributed by atoms with Crippen molar-refractivity contribution in [1.29, 1.82) is 0 Å². The molecule has 1 saturated carbocycles. The zero-order valence-corrected chi connectivity index (χ0v) is 9.25. The van der Waals surface area contributed by atoms with Gasteiger partial charge < -0.3 is 11.1 Å². The lowest BCUT2D eigenvalue weighted by molar-refractivity contribution is -0.123. The van der Waals surface area contributed by atoms with Gasteiger partial charge in [0.2, 0.25) is 5.91 Å². The maximum Gasteiger partial charge on any atom is 0.236 e. The third-order valence-electron chi connectivity index (χ3n) is 3.17. The molecule has 1 rings (SSSR count). The molecule has 14 heavy (non-hydrogen) atoms. The Labute approximate surface area is 86.4 Å². The predicted octanol–water partition coefficient (Wildman–Crippen LogP) is 1.42. The van der Waals surface area contributed by atoms with Crippen LogP contribution in [0, 0.1) is 5.92 Å². The molecule has 2 unspecified atom stereocenters. The first-order valence-electron chi connectivity index (χ1n) is 5.71. The standard InChI is InChI=1S/C11H22N2O/c1-3-9-6-4-5-7-10(9)13-11(14)8(2)12/h8-10H,3-7,12H2,1-2H3,(H,13,14)/t8-,9?,10?/m1/s1. The van der Waals surface area contributed by atoms with Gasteiger partial charge >= 0.3 is 0 Å². The number of hydrogen-bond acceptors (Lipinski definition) is 2. The summed E-state index contributed by atoms with van der Waals surface area (Å²) in [5.41, 5.74) is 5.53. The second-order valence-corrected chi connectivity index (χ2v) is 4.36. The molecule has 0 aromatic rings. The summed E-state index contributed by atoms with van der Waals surface area (Å²) < 4.78 is 0. The number of rotatable bonds is 3. The lowest BCUT2D eigenvalue weighted by Gasteiger charge is -2.31. The molecule has 0 radical (unpaired) electrons. The molecule has 0 aliphatic heterocycles. The maximum atomic E-state index is 11.4. The average molecular weight is 198 g/mol. The van der Waals surface area contributed by atoms with Crippen LogP contribution in [0.5, 0.6) is 0 Å². The Hall–Kier alpha value is -0.570. The van der Waals surface area contributed by atoms with E-state index in [1.165, 1.54) is 19.3 Å². The summed E-state index contributed by atoms with van der Waals surface area (Å²) in [4.78, 5) is 11.4. The summed E-state index contributed by atoms with van der Waals surface area (Å²) in [6, 6.07) is -0.0123. The molecule has 3 N–H and O–H groups in total. The number of amides is 1. The van der Waals surface area contributed by atoms with Crippen molar-refractivity contribution in [1.82, 2.24) is 5.32 Å². The summed E-state index contributed by atoms with van der Waals surface area (Å²) in [5.74, 6) is 0.654. The SMILES string of the molecule is CCC1CCCCC1NC(=O)[C@@H](C)N. The van der Waals surface area contributed by atoms with Crippen LogP contribution >= 0.6 is 0 Å². The monoisotopic (exact) mass is 198 g/mol. The van der Waals surface area contributed by atoms with Crippen molar-refractivity contribution < 1.29 is 4.79 Å². The zero-order chi connectivity index (χ0) is 10.6. The van der Waals surface area contributed by atoms with Gasteiger partial charge in [0.15, 0.2) is 0 Å². The fourth-order valence-electron chi connectivity index (χ4n) is 2.20. The van der Waals surface area contributed by atoms with E-state index < -0.39 is 0 Å². The average Bonchev–Trinajstić information content (AvgIpc) is 2.18. The minimum atomic E-state index is -0.380. The molecule has 1 aliphatic carbocycles. The lowest BCUT2D eigenvalue weighted by Crippen LogP contribution is -2.47. The van der Waals surface area contributed by atoms with Gasteiger partial charge in [-0.2, -0.15) is 0 Å². The number of nitrogens with one attached hydrogen (secondary N) is 1. The summed E-state index contributed by atoms with van der Waals surface area (Å²) in [6.45, 7) is 3.93. The Balaban J connectivity index is 2.44. The van der Waals surface area contributed by atoms with E-state index in [4.69, 9.17) is 5.73 Å². The van der Waals surface area contributed by atoms with Crippen LogP contribution in [-0.4, -0.2) is 18.0 Å². The van der Waals surface area contributed by atoms with E-state index in [9.17, 15) is 4.79 Å². The minimum absolute atomic E-state index is 0.00431. The fraction of sp³-hybridized carbons (Fsp3) is 0.909. The third kappa shape index (κ3) is 2.98. The van der Waals surface area contributed by atoms with Crippen molar-refractivity contribution in [3.8, 4) is 0 Å². The van der Waals surface area contributed by atoms with Gasteiger partial charge in [0.05, 0.1) is 6.04 Å². The minimum Gasteiger partial charge on any atom is -0.352 e. The Morgan fingerprint density at radius 2 is 2.14 bits per heavy atom.